The first kappa shape index (κ1) is 20.6. The van der Waals surface area contributed by atoms with Crippen LogP contribution in [0.4, 0.5) is 23.2 Å². The zero-order valence-electron chi connectivity index (χ0n) is 14.3. The molecule has 0 saturated carbocycles. The van der Waals surface area contributed by atoms with Gasteiger partial charge in [-0.3, -0.25) is 4.79 Å². The number of halogens is 4. The van der Waals surface area contributed by atoms with Gasteiger partial charge in [0.05, 0.1) is 6.10 Å². The molecule has 1 amide bonds. The second-order valence-electron chi connectivity index (χ2n) is 5.86. The van der Waals surface area contributed by atoms with E-state index >= 15 is 0 Å². The van der Waals surface area contributed by atoms with E-state index in [1.54, 1.807) is 0 Å². The maximum atomic E-state index is 14.2. The highest BCUT2D eigenvalue weighted by atomic mass is 32.2. The van der Waals surface area contributed by atoms with E-state index in [2.05, 4.69) is 5.32 Å². The summed E-state index contributed by atoms with van der Waals surface area (Å²) in [4.78, 5) is 11.4. The van der Waals surface area contributed by atoms with Gasteiger partial charge < -0.3 is 10.4 Å². The van der Waals surface area contributed by atoms with Crippen molar-refractivity contribution in [2.24, 2.45) is 0 Å². The van der Waals surface area contributed by atoms with Crippen molar-refractivity contribution in [3.63, 3.8) is 0 Å². The predicted molar refractivity (Wildman–Crippen MR) is 94.0 cm³/mol. The minimum atomic E-state index is -4.44. The summed E-state index contributed by atoms with van der Waals surface area (Å²) < 4.78 is 79.5. The summed E-state index contributed by atoms with van der Waals surface area (Å²) in [7, 11) is -4.44. The molecule has 6 nitrogen and oxygen atoms in total. The number of nitrogens with zero attached hydrogens (tertiary/aromatic N) is 1. The molecule has 0 saturated heterocycles. The van der Waals surface area contributed by atoms with Gasteiger partial charge in [-0.15, -0.1) is 0 Å². The summed E-state index contributed by atoms with van der Waals surface area (Å²) in [5, 5.41) is 11.4. The van der Waals surface area contributed by atoms with E-state index < -0.39 is 55.9 Å². The number of amides is 1. The number of aliphatic hydroxyl groups excluding tert-OH is 1. The number of anilines is 1. The lowest BCUT2D eigenvalue weighted by Gasteiger charge is -2.20. The van der Waals surface area contributed by atoms with Gasteiger partial charge in [-0.25, -0.2) is 30.3 Å². The van der Waals surface area contributed by atoms with Gasteiger partial charge in [0.2, 0.25) is 0 Å². The number of aliphatic hydroxyl groups is 1. The van der Waals surface area contributed by atoms with Crippen molar-refractivity contribution >= 4 is 21.6 Å². The molecule has 29 heavy (non-hydrogen) atoms. The van der Waals surface area contributed by atoms with E-state index in [1.165, 1.54) is 0 Å². The van der Waals surface area contributed by atoms with Crippen molar-refractivity contribution < 1.29 is 35.9 Å². The molecular weight excluding hydrogens is 416 g/mol. The summed E-state index contributed by atoms with van der Waals surface area (Å²) in [6.07, 6.45) is 3.31. The number of benzene rings is 2. The van der Waals surface area contributed by atoms with Gasteiger partial charge in [-0.05, 0) is 30.4 Å². The molecule has 0 radical (unpaired) electrons. The normalized spacial score (nSPS) is 14.3. The van der Waals surface area contributed by atoms with E-state index in [0.717, 1.165) is 42.8 Å². The van der Waals surface area contributed by atoms with Crippen LogP contribution >= 0.6 is 0 Å². The first-order valence-electron chi connectivity index (χ1n) is 7.93. The van der Waals surface area contributed by atoms with Crippen molar-refractivity contribution in [1.82, 2.24) is 4.31 Å². The Labute approximate surface area is 162 Å². The first-order valence-corrected chi connectivity index (χ1v) is 9.37. The van der Waals surface area contributed by atoms with Crippen LogP contribution in [0.15, 0.2) is 59.8 Å². The highest BCUT2D eigenvalue weighted by Gasteiger charge is 2.26. The molecule has 2 N–H and O–H groups in total. The number of nitrogens with one attached hydrogen (secondary N) is 1. The van der Waals surface area contributed by atoms with Crippen LogP contribution in [0, 0.1) is 23.3 Å². The molecule has 0 aliphatic carbocycles. The van der Waals surface area contributed by atoms with Crippen LogP contribution < -0.4 is 5.32 Å². The average Bonchev–Trinajstić information content (AvgIpc) is 2.66. The molecule has 0 fully saturated rings. The molecule has 0 atom stereocenters. The number of rotatable bonds is 4. The Hall–Kier alpha value is -3.18. The maximum absolute atomic E-state index is 14.2. The monoisotopic (exact) mass is 428 g/mol. The smallest absolute Gasteiger partial charge is 0.270 e. The van der Waals surface area contributed by atoms with Gasteiger partial charge in [0.1, 0.15) is 10.7 Å². The highest BCUT2D eigenvalue weighted by molar-refractivity contribution is 7.89. The molecule has 1 aliphatic rings. The minimum Gasteiger partial charge on any atom is -0.385 e. The molecule has 2 aromatic carbocycles. The quantitative estimate of drug-likeness (QED) is 0.579. The third-order valence-electron chi connectivity index (χ3n) is 3.85. The summed E-state index contributed by atoms with van der Waals surface area (Å²) in [6.45, 7) is 0. The Bertz CT molecular complexity index is 1110. The lowest BCUT2D eigenvalue weighted by atomic mass is 10.2. The number of carbonyl (C=O) groups is 1. The Kier molecular flexibility index (Phi) is 5.44. The number of sulfonamides is 1. The van der Waals surface area contributed by atoms with E-state index in [0.29, 0.717) is 16.4 Å². The second kappa shape index (κ2) is 7.68. The molecular formula is C18H12F4N2O4S. The molecule has 1 heterocycles. The summed E-state index contributed by atoms with van der Waals surface area (Å²) in [5.74, 6) is -6.94. The van der Waals surface area contributed by atoms with Crippen molar-refractivity contribution in [2.75, 3.05) is 5.32 Å². The van der Waals surface area contributed by atoms with E-state index in [1.807, 2.05) is 0 Å². The summed E-state index contributed by atoms with van der Waals surface area (Å²) >= 11 is 0. The zero-order chi connectivity index (χ0) is 21.3. The highest BCUT2D eigenvalue weighted by Crippen LogP contribution is 2.24. The largest absolute Gasteiger partial charge is 0.385 e. The third-order valence-corrected chi connectivity index (χ3v) is 5.52. The van der Waals surface area contributed by atoms with Crippen molar-refractivity contribution in [3.8, 4) is 0 Å². The van der Waals surface area contributed by atoms with Crippen LogP contribution in [0.5, 0.6) is 0 Å². The molecule has 1 aliphatic heterocycles. The van der Waals surface area contributed by atoms with E-state index in [9.17, 15) is 35.9 Å². The molecule has 11 heteroatoms. The van der Waals surface area contributed by atoms with Crippen LogP contribution in [-0.4, -0.2) is 29.8 Å². The number of hydrogen-bond acceptors (Lipinski definition) is 4. The second-order valence-corrected chi connectivity index (χ2v) is 7.67. The summed E-state index contributed by atoms with van der Waals surface area (Å²) in [5.41, 5.74) is -0.754. The lowest BCUT2D eigenvalue weighted by molar-refractivity contribution is 0.102. The van der Waals surface area contributed by atoms with Crippen LogP contribution in [0.1, 0.15) is 10.4 Å². The van der Waals surface area contributed by atoms with Crippen molar-refractivity contribution in [3.05, 3.63) is 83.7 Å². The lowest BCUT2D eigenvalue weighted by Crippen LogP contribution is -2.25. The topological polar surface area (TPSA) is 86.7 Å². The fraction of sp³-hybridized carbons (Fsp3) is 0.0556. The first-order chi connectivity index (χ1) is 13.6. The minimum absolute atomic E-state index is 0.333. The average molecular weight is 428 g/mol. The molecule has 0 spiro atoms. The SMILES string of the molecule is O=C(Nc1cc(F)c(F)c(F)c1)c1ccc(F)c(S(=O)(=O)N2C=CC(O)C=C2)c1. The molecule has 2 aromatic rings. The van der Waals surface area contributed by atoms with Gasteiger partial charge in [-0.2, -0.15) is 0 Å². The van der Waals surface area contributed by atoms with Crippen LogP contribution in [-0.2, 0) is 10.0 Å². The molecule has 152 valence electrons. The van der Waals surface area contributed by atoms with Gasteiger partial charge in [0.25, 0.3) is 15.9 Å². The number of hydrogen-bond donors (Lipinski definition) is 2. The van der Waals surface area contributed by atoms with Crippen molar-refractivity contribution in [1.29, 1.82) is 0 Å². The molecule has 3 rings (SSSR count). The Morgan fingerprint density at radius 1 is 0.966 bits per heavy atom. The maximum Gasteiger partial charge on any atom is 0.270 e. The van der Waals surface area contributed by atoms with E-state index in [-0.39, 0.29) is 5.56 Å². The zero-order valence-corrected chi connectivity index (χ0v) is 15.1. The predicted octanol–water partition coefficient (Wildman–Crippen LogP) is 2.89. The van der Waals surface area contributed by atoms with Gasteiger partial charge in [0, 0.05) is 35.8 Å². The molecule has 0 unspecified atom stereocenters. The van der Waals surface area contributed by atoms with Crippen molar-refractivity contribution in [2.45, 2.75) is 11.0 Å². The van der Waals surface area contributed by atoms with Gasteiger partial charge in [-0.1, -0.05) is 0 Å². The van der Waals surface area contributed by atoms with Gasteiger partial charge >= 0.3 is 0 Å². The Balaban J connectivity index is 1.92. The fourth-order valence-electron chi connectivity index (χ4n) is 2.41. The van der Waals surface area contributed by atoms with E-state index in [4.69, 9.17) is 0 Å². The standard InChI is InChI=1S/C18H12F4N2O4S/c19-13-2-1-10(18(26)23-11-8-14(20)17(22)15(21)9-11)7-16(13)29(27,28)24-5-3-12(25)4-6-24/h1-9,12,25H,(H,23,26). The molecule has 0 bridgehead atoms. The fourth-order valence-corrected chi connectivity index (χ4v) is 3.69. The summed E-state index contributed by atoms with van der Waals surface area (Å²) in [6, 6.07) is 3.51. The Morgan fingerprint density at radius 3 is 2.14 bits per heavy atom. The van der Waals surface area contributed by atoms with Crippen LogP contribution in [0.3, 0.4) is 0 Å². The van der Waals surface area contributed by atoms with Crippen LogP contribution in [0.25, 0.3) is 0 Å². The molecule has 0 aromatic heterocycles. The van der Waals surface area contributed by atoms with Gasteiger partial charge in [0.15, 0.2) is 17.5 Å². The Morgan fingerprint density at radius 2 is 1.55 bits per heavy atom. The number of carbonyl (C=O) groups excluding carboxylic acids is 1. The van der Waals surface area contributed by atoms with Crippen LogP contribution in [0.2, 0.25) is 0 Å². The third kappa shape index (κ3) is 4.15.